The number of ether oxygens (including phenoxy) is 2. The summed E-state index contributed by atoms with van der Waals surface area (Å²) in [5.41, 5.74) is 4.05. The van der Waals surface area contributed by atoms with Crippen molar-refractivity contribution in [1.29, 1.82) is 0 Å². The Labute approximate surface area is 160 Å². The molecule has 142 valence electrons. The first-order valence-electron chi connectivity index (χ1n) is 8.22. The molecule has 0 saturated heterocycles. The number of imidazole rings is 1. The fourth-order valence-corrected chi connectivity index (χ4v) is 3.18. The van der Waals surface area contributed by atoms with E-state index in [1.165, 1.54) is 18.2 Å². The van der Waals surface area contributed by atoms with Crippen molar-refractivity contribution in [1.82, 2.24) is 14.9 Å². The molecule has 1 aromatic heterocycles. The van der Waals surface area contributed by atoms with Gasteiger partial charge in [0, 0.05) is 31.8 Å². The summed E-state index contributed by atoms with van der Waals surface area (Å²) < 4.78 is 24.2. The number of amides is 1. The fourth-order valence-electron chi connectivity index (χ4n) is 2.95. The molecule has 0 atom stereocenters. The third kappa shape index (κ3) is 4.04. The van der Waals surface area contributed by atoms with Crippen molar-refractivity contribution in [3.8, 4) is 5.75 Å². The van der Waals surface area contributed by atoms with E-state index >= 15 is 0 Å². The quantitative estimate of drug-likeness (QED) is 0.668. The van der Waals surface area contributed by atoms with Crippen LogP contribution in [-0.4, -0.2) is 29.4 Å². The predicted octanol–water partition coefficient (Wildman–Crippen LogP) is 3.61. The first-order chi connectivity index (χ1) is 13.0. The normalized spacial score (nSPS) is 11.0. The van der Waals surface area contributed by atoms with Crippen molar-refractivity contribution in [2.75, 3.05) is 14.0 Å². The Morgan fingerprint density at radius 2 is 2.15 bits per heavy atom. The highest BCUT2D eigenvalue weighted by Crippen LogP contribution is 2.26. The minimum absolute atomic E-state index is 0.175. The van der Waals surface area contributed by atoms with Crippen molar-refractivity contribution in [2.24, 2.45) is 7.05 Å². The maximum atomic E-state index is 12.5. The van der Waals surface area contributed by atoms with Crippen LogP contribution in [0, 0.1) is 0 Å². The lowest BCUT2D eigenvalue weighted by Gasteiger charge is -2.13. The number of aromatic nitrogens is 2. The largest absolute Gasteiger partial charge is 0.461 e. The van der Waals surface area contributed by atoms with Crippen LogP contribution in [0.2, 0.25) is 5.02 Å². The summed E-state index contributed by atoms with van der Waals surface area (Å²) in [6.07, 6.45) is 1.73. The number of alkyl halides is 1. The molecule has 0 radical (unpaired) electrons. The molecule has 1 N–H and O–H groups in total. The zero-order valence-electron chi connectivity index (χ0n) is 15.0. The van der Waals surface area contributed by atoms with Crippen LogP contribution in [-0.2, 0) is 24.9 Å². The number of benzene rings is 2. The summed E-state index contributed by atoms with van der Waals surface area (Å²) >= 11 is 6.02. The van der Waals surface area contributed by atoms with Gasteiger partial charge in [-0.3, -0.25) is 4.79 Å². The molecular formula is C19H19ClFN3O3. The molecule has 0 saturated carbocycles. The van der Waals surface area contributed by atoms with Crippen LogP contribution in [0.25, 0.3) is 11.0 Å². The van der Waals surface area contributed by atoms with Crippen LogP contribution in [0.4, 0.5) is 4.39 Å². The van der Waals surface area contributed by atoms with Crippen molar-refractivity contribution in [3.05, 3.63) is 58.4 Å². The number of nitrogens with zero attached hydrogens (tertiary/aromatic N) is 2. The Morgan fingerprint density at radius 3 is 2.85 bits per heavy atom. The molecule has 3 aromatic rings. The number of halogens is 2. The highest BCUT2D eigenvalue weighted by Gasteiger charge is 2.14. The average molecular weight is 392 g/mol. The molecule has 0 aliphatic rings. The number of aryl methyl sites for hydroxylation is 1. The highest BCUT2D eigenvalue weighted by molar-refractivity contribution is 6.32. The maximum Gasteiger partial charge on any atom is 0.251 e. The van der Waals surface area contributed by atoms with Gasteiger partial charge in [0.15, 0.2) is 0 Å². The van der Waals surface area contributed by atoms with Gasteiger partial charge in [-0.15, -0.1) is 0 Å². The van der Waals surface area contributed by atoms with E-state index in [1.807, 2.05) is 23.7 Å². The molecule has 0 aliphatic carbocycles. The van der Waals surface area contributed by atoms with Gasteiger partial charge in [0.2, 0.25) is 6.86 Å². The van der Waals surface area contributed by atoms with Gasteiger partial charge < -0.3 is 19.4 Å². The molecule has 0 fully saturated rings. The summed E-state index contributed by atoms with van der Waals surface area (Å²) in [5.74, 6) is -0.107. The van der Waals surface area contributed by atoms with Gasteiger partial charge in [-0.2, -0.15) is 0 Å². The van der Waals surface area contributed by atoms with Gasteiger partial charge in [0.25, 0.3) is 5.91 Å². The third-order valence-corrected chi connectivity index (χ3v) is 4.51. The van der Waals surface area contributed by atoms with Crippen LogP contribution in [0.1, 0.15) is 21.5 Å². The topological polar surface area (TPSA) is 65.4 Å². The molecule has 2 aromatic carbocycles. The van der Waals surface area contributed by atoms with Crippen LogP contribution in [0.3, 0.4) is 0 Å². The first-order valence-corrected chi connectivity index (χ1v) is 8.60. The molecule has 0 unspecified atom stereocenters. The summed E-state index contributed by atoms with van der Waals surface area (Å²) in [4.78, 5) is 16.9. The van der Waals surface area contributed by atoms with E-state index in [9.17, 15) is 9.18 Å². The van der Waals surface area contributed by atoms with E-state index in [0.29, 0.717) is 18.7 Å². The van der Waals surface area contributed by atoms with E-state index < -0.39 is 6.86 Å². The Kier molecular flexibility index (Phi) is 5.93. The number of carbonyl (C=O) groups excluding carboxylic acids is 1. The van der Waals surface area contributed by atoms with E-state index in [4.69, 9.17) is 21.1 Å². The monoisotopic (exact) mass is 391 g/mol. The van der Waals surface area contributed by atoms with Crippen LogP contribution in [0.15, 0.2) is 36.7 Å². The molecule has 1 heterocycles. The third-order valence-electron chi connectivity index (χ3n) is 4.21. The van der Waals surface area contributed by atoms with Crippen molar-refractivity contribution < 1.29 is 18.7 Å². The second-order valence-corrected chi connectivity index (χ2v) is 6.35. The van der Waals surface area contributed by atoms with Gasteiger partial charge in [-0.25, -0.2) is 9.37 Å². The lowest BCUT2D eigenvalue weighted by atomic mass is 10.1. The SMILES string of the molecule is COCc1ccc2ncn(C)c2c1CNC(=O)c1ccc(OCF)c(Cl)c1. The molecule has 0 aliphatic heterocycles. The molecule has 1 amide bonds. The lowest BCUT2D eigenvalue weighted by molar-refractivity contribution is 0.0950. The minimum Gasteiger partial charge on any atom is -0.461 e. The van der Waals surface area contributed by atoms with Crippen LogP contribution >= 0.6 is 11.6 Å². The van der Waals surface area contributed by atoms with Gasteiger partial charge in [0.1, 0.15) is 5.75 Å². The highest BCUT2D eigenvalue weighted by atomic mass is 35.5. The zero-order valence-corrected chi connectivity index (χ0v) is 15.7. The standard InChI is InChI=1S/C19H19ClFN3O3/c1-24-11-23-16-5-3-13(9-26-2)14(18(16)24)8-22-19(25)12-4-6-17(27-10-21)15(20)7-12/h3-7,11H,8-10H2,1-2H3,(H,22,25). The van der Waals surface area contributed by atoms with Crippen LogP contribution in [0.5, 0.6) is 5.75 Å². The number of fused-ring (bicyclic) bond motifs is 1. The second-order valence-electron chi connectivity index (χ2n) is 5.94. The van der Waals surface area contributed by atoms with Gasteiger partial charge in [-0.05, 0) is 29.8 Å². The summed E-state index contributed by atoms with van der Waals surface area (Å²) in [7, 11) is 3.53. The molecule has 0 spiro atoms. The van der Waals surface area contributed by atoms with E-state index in [-0.39, 0.29) is 16.7 Å². The van der Waals surface area contributed by atoms with Crippen molar-refractivity contribution >= 4 is 28.5 Å². The van der Waals surface area contributed by atoms with Gasteiger partial charge >= 0.3 is 0 Å². The fraction of sp³-hybridized carbons (Fsp3) is 0.263. The molecular weight excluding hydrogens is 373 g/mol. The number of hydrogen-bond donors (Lipinski definition) is 1. The number of carbonyl (C=O) groups is 1. The lowest BCUT2D eigenvalue weighted by Crippen LogP contribution is -2.24. The molecule has 0 bridgehead atoms. The minimum atomic E-state index is -0.984. The first kappa shape index (κ1) is 19.1. The second kappa shape index (κ2) is 8.37. The Hall–Kier alpha value is -2.64. The smallest absolute Gasteiger partial charge is 0.251 e. The summed E-state index contributed by atoms with van der Waals surface area (Å²) in [5, 5.41) is 3.07. The zero-order chi connectivity index (χ0) is 19.4. The Morgan fingerprint density at radius 1 is 1.33 bits per heavy atom. The predicted molar refractivity (Wildman–Crippen MR) is 101 cm³/mol. The van der Waals surface area contributed by atoms with E-state index in [2.05, 4.69) is 10.3 Å². The summed E-state index contributed by atoms with van der Waals surface area (Å²) in [6, 6.07) is 8.32. The summed E-state index contributed by atoms with van der Waals surface area (Å²) in [6.45, 7) is -0.260. The van der Waals surface area contributed by atoms with Crippen molar-refractivity contribution in [3.63, 3.8) is 0 Å². The number of methoxy groups -OCH3 is 1. The van der Waals surface area contributed by atoms with Gasteiger partial charge in [-0.1, -0.05) is 17.7 Å². The Bertz CT molecular complexity index is 974. The number of rotatable bonds is 7. The molecule has 27 heavy (non-hydrogen) atoms. The average Bonchev–Trinajstić information content (AvgIpc) is 3.04. The number of nitrogens with one attached hydrogen (secondary N) is 1. The number of hydrogen-bond acceptors (Lipinski definition) is 4. The molecule has 6 nitrogen and oxygen atoms in total. The molecule has 8 heteroatoms. The Balaban J connectivity index is 1.84. The van der Waals surface area contributed by atoms with Gasteiger partial charge in [0.05, 0.1) is 29.0 Å². The molecule has 3 rings (SSSR count). The van der Waals surface area contributed by atoms with E-state index in [1.54, 1.807) is 13.4 Å². The van der Waals surface area contributed by atoms with Crippen LogP contribution < -0.4 is 10.1 Å². The maximum absolute atomic E-state index is 12.5. The van der Waals surface area contributed by atoms with E-state index in [0.717, 1.165) is 22.2 Å². The van der Waals surface area contributed by atoms with Crippen molar-refractivity contribution in [2.45, 2.75) is 13.2 Å².